The first-order chi connectivity index (χ1) is 12.9. The Morgan fingerprint density at radius 3 is 2.37 bits per heavy atom. The standard InChI is InChI=1S/C19H14ClNO4S2/c20-27(24,25)17-11-14(19(22)23)10-16(18(17)13-6-2-1-3-7-13)26-12-15-8-4-5-9-21-15/h1-11H,12H2,(H,22,23). The summed E-state index contributed by atoms with van der Waals surface area (Å²) < 4.78 is 24.4. The Kier molecular flexibility index (Phi) is 5.84. The number of thioether (sulfide) groups is 1. The molecular formula is C19H14ClNO4S2. The van der Waals surface area contributed by atoms with Gasteiger partial charge in [-0.15, -0.1) is 11.8 Å². The Hall–Kier alpha value is -2.35. The Morgan fingerprint density at radius 2 is 1.78 bits per heavy atom. The zero-order valence-corrected chi connectivity index (χ0v) is 16.3. The molecule has 0 radical (unpaired) electrons. The van der Waals surface area contributed by atoms with Gasteiger partial charge in [0.15, 0.2) is 0 Å². The van der Waals surface area contributed by atoms with Gasteiger partial charge in [-0.2, -0.15) is 0 Å². The fourth-order valence-corrected chi connectivity index (χ4v) is 4.77. The van der Waals surface area contributed by atoms with E-state index in [1.54, 1.807) is 36.5 Å². The van der Waals surface area contributed by atoms with E-state index in [9.17, 15) is 18.3 Å². The van der Waals surface area contributed by atoms with Gasteiger partial charge in [0, 0.05) is 33.1 Å². The van der Waals surface area contributed by atoms with Crippen LogP contribution in [0.4, 0.5) is 0 Å². The lowest BCUT2D eigenvalue weighted by molar-refractivity contribution is 0.0696. The van der Waals surface area contributed by atoms with Gasteiger partial charge in [-0.05, 0) is 29.8 Å². The maximum absolute atomic E-state index is 12.2. The summed E-state index contributed by atoms with van der Waals surface area (Å²) in [6, 6.07) is 16.9. The lowest BCUT2D eigenvalue weighted by Gasteiger charge is -2.15. The smallest absolute Gasteiger partial charge is 0.335 e. The minimum Gasteiger partial charge on any atom is -0.478 e. The molecule has 1 N–H and O–H groups in total. The summed E-state index contributed by atoms with van der Waals surface area (Å²) in [6.45, 7) is 0. The van der Waals surface area contributed by atoms with Crippen molar-refractivity contribution in [1.82, 2.24) is 4.98 Å². The lowest BCUT2D eigenvalue weighted by atomic mass is 10.0. The van der Waals surface area contributed by atoms with E-state index >= 15 is 0 Å². The third kappa shape index (κ3) is 4.68. The molecule has 3 aromatic rings. The largest absolute Gasteiger partial charge is 0.478 e. The Morgan fingerprint density at radius 1 is 1.07 bits per heavy atom. The van der Waals surface area contributed by atoms with Crippen molar-refractivity contribution in [2.75, 3.05) is 0 Å². The lowest BCUT2D eigenvalue weighted by Crippen LogP contribution is -2.04. The van der Waals surface area contributed by atoms with E-state index < -0.39 is 15.0 Å². The fourth-order valence-electron chi connectivity index (χ4n) is 2.54. The number of carbonyl (C=O) groups is 1. The third-order valence-electron chi connectivity index (χ3n) is 3.74. The first kappa shape index (κ1) is 19.4. The first-order valence-electron chi connectivity index (χ1n) is 7.80. The molecule has 0 spiro atoms. The normalized spacial score (nSPS) is 11.3. The summed E-state index contributed by atoms with van der Waals surface area (Å²) in [6.07, 6.45) is 1.66. The van der Waals surface area contributed by atoms with Crippen LogP contribution < -0.4 is 0 Å². The molecule has 5 nitrogen and oxygen atoms in total. The second-order valence-electron chi connectivity index (χ2n) is 5.57. The average molecular weight is 420 g/mol. The van der Waals surface area contributed by atoms with Crippen molar-refractivity contribution in [3.05, 3.63) is 78.1 Å². The fraction of sp³-hybridized carbons (Fsp3) is 0.0526. The maximum Gasteiger partial charge on any atom is 0.335 e. The molecule has 8 heteroatoms. The molecule has 0 aliphatic heterocycles. The SMILES string of the molecule is O=C(O)c1cc(SCc2ccccn2)c(-c2ccccc2)c(S(=O)(=O)Cl)c1. The van der Waals surface area contributed by atoms with Crippen molar-refractivity contribution in [1.29, 1.82) is 0 Å². The first-order valence-corrected chi connectivity index (χ1v) is 11.1. The number of hydrogen-bond acceptors (Lipinski definition) is 5. The predicted molar refractivity (Wildman–Crippen MR) is 106 cm³/mol. The molecule has 3 rings (SSSR count). The summed E-state index contributed by atoms with van der Waals surface area (Å²) in [7, 11) is 1.47. The van der Waals surface area contributed by atoms with Crippen LogP contribution in [0.5, 0.6) is 0 Å². The number of benzene rings is 2. The van der Waals surface area contributed by atoms with E-state index in [1.807, 2.05) is 18.2 Å². The van der Waals surface area contributed by atoms with Gasteiger partial charge in [0.2, 0.25) is 0 Å². The van der Waals surface area contributed by atoms with E-state index in [4.69, 9.17) is 10.7 Å². The molecule has 0 atom stereocenters. The number of hydrogen-bond donors (Lipinski definition) is 1. The second kappa shape index (κ2) is 8.12. The highest BCUT2D eigenvalue weighted by atomic mass is 35.7. The number of carboxylic acids is 1. The van der Waals surface area contributed by atoms with Crippen molar-refractivity contribution >= 4 is 37.5 Å². The number of aromatic carboxylic acids is 1. The Balaban J connectivity index is 2.19. The predicted octanol–water partition coefficient (Wildman–Crippen LogP) is 4.67. The zero-order valence-electron chi connectivity index (χ0n) is 13.9. The Bertz CT molecular complexity index is 1070. The van der Waals surface area contributed by atoms with Crippen LogP contribution in [-0.2, 0) is 14.8 Å². The van der Waals surface area contributed by atoms with Gasteiger partial charge in [0.05, 0.1) is 16.2 Å². The zero-order chi connectivity index (χ0) is 19.4. The van der Waals surface area contributed by atoms with Crippen molar-refractivity contribution in [3.63, 3.8) is 0 Å². The molecular weight excluding hydrogens is 406 g/mol. The van der Waals surface area contributed by atoms with Crippen LogP contribution in [0.1, 0.15) is 16.1 Å². The molecule has 0 bridgehead atoms. The molecule has 0 amide bonds. The van der Waals surface area contributed by atoms with Gasteiger partial charge in [-0.3, -0.25) is 4.98 Å². The van der Waals surface area contributed by atoms with Crippen LogP contribution in [-0.4, -0.2) is 24.5 Å². The summed E-state index contributed by atoms with van der Waals surface area (Å²) in [5.41, 5.74) is 1.67. The molecule has 0 unspecified atom stereocenters. The minimum absolute atomic E-state index is 0.141. The summed E-state index contributed by atoms with van der Waals surface area (Å²) >= 11 is 1.31. The van der Waals surface area contributed by atoms with Crippen molar-refractivity contribution in [3.8, 4) is 11.1 Å². The van der Waals surface area contributed by atoms with E-state index in [1.165, 1.54) is 17.8 Å². The monoisotopic (exact) mass is 419 g/mol. The molecule has 0 saturated carbocycles. The van der Waals surface area contributed by atoms with Crippen molar-refractivity contribution in [2.45, 2.75) is 15.5 Å². The molecule has 138 valence electrons. The van der Waals surface area contributed by atoms with Crippen LogP contribution >= 0.6 is 22.4 Å². The number of halogens is 1. The van der Waals surface area contributed by atoms with Crippen LogP contribution in [0.2, 0.25) is 0 Å². The molecule has 0 aliphatic rings. The number of aromatic nitrogens is 1. The van der Waals surface area contributed by atoms with E-state index in [0.29, 0.717) is 21.8 Å². The molecule has 0 saturated heterocycles. The van der Waals surface area contributed by atoms with E-state index in [-0.39, 0.29) is 10.5 Å². The average Bonchev–Trinajstić information content (AvgIpc) is 2.66. The number of pyridine rings is 1. The molecule has 0 fully saturated rings. The number of nitrogens with zero attached hydrogens (tertiary/aromatic N) is 1. The molecule has 27 heavy (non-hydrogen) atoms. The third-order valence-corrected chi connectivity index (χ3v) is 6.16. The van der Waals surface area contributed by atoms with E-state index in [2.05, 4.69) is 4.98 Å². The highest BCUT2D eigenvalue weighted by Gasteiger charge is 2.23. The van der Waals surface area contributed by atoms with Gasteiger partial charge in [-0.25, -0.2) is 13.2 Å². The summed E-state index contributed by atoms with van der Waals surface area (Å²) in [5.74, 6) is -0.776. The van der Waals surface area contributed by atoms with Crippen molar-refractivity contribution in [2.24, 2.45) is 0 Å². The Labute approximate surface area is 165 Å². The molecule has 1 heterocycles. The van der Waals surface area contributed by atoms with Gasteiger partial charge in [0.1, 0.15) is 0 Å². The maximum atomic E-state index is 12.2. The number of carboxylic acid groups (broad SMARTS) is 1. The van der Waals surface area contributed by atoms with Crippen molar-refractivity contribution < 1.29 is 18.3 Å². The highest BCUT2D eigenvalue weighted by Crippen LogP contribution is 2.40. The molecule has 2 aromatic carbocycles. The van der Waals surface area contributed by atoms with Crippen LogP contribution in [0, 0.1) is 0 Å². The second-order valence-corrected chi connectivity index (χ2v) is 9.12. The molecule has 0 aliphatic carbocycles. The van der Waals surface area contributed by atoms with Gasteiger partial charge in [-0.1, -0.05) is 36.4 Å². The summed E-state index contributed by atoms with van der Waals surface area (Å²) in [4.78, 5) is 16.0. The van der Waals surface area contributed by atoms with Crippen LogP contribution in [0.3, 0.4) is 0 Å². The summed E-state index contributed by atoms with van der Waals surface area (Å²) in [5, 5.41) is 9.39. The van der Waals surface area contributed by atoms with Gasteiger partial charge in [0.25, 0.3) is 9.05 Å². The topological polar surface area (TPSA) is 84.3 Å². The highest BCUT2D eigenvalue weighted by molar-refractivity contribution is 8.13. The number of rotatable bonds is 6. The van der Waals surface area contributed by atoms with Crippen LogP contribution in [0.15, 0.2) is 76.7 Å². The van der Waals surface area contributed by atoms with Gasteiger partial charge < -0.3 is 5.11 Å². The van der Waals surface area contributed by atoms with Crippen LogP contribution in [0.25, 0.3) is 11.1 Å². The minimum atomic E-state index is -4.16. The quantitative estimate of drug-likeness (QED) is 0.461. The van der Waals surface area contributed by atoms with Gasteiger partial charge >= 0.3 is 5.97 Å². The molecule has 1 aromatic heterocycles. The van der Waals surface area contributed by atoms with E-state index in [0.717, 1.165) is 11.8 Å².